The molecule has 2 aromatic heterocycles. The largest absolute Gasteiger partial charge is 0.451 e. The Kier molecular flexibility index (Phi) is 16.8. The molecule has 342 valence electrons. The molecular formula is C40H43ClF2N8O11S2. The molecule has 1 saturated heterocycles. The van der Waals surface area contributed by atoms with Crippen molar-refractivity contribution >= 4 is 79.3 Å². The number of hydrogen-bond acceptors (Lipinski definition) is 14. The van der Waals surface area contributed by atoms with Gasteiger partial charge in [-0.05, 0) is 47.9 Å². The van der Waals surface area contributed by atoms with E-state index in [2.05, 4.69) is 26.1 Å². The van der Waals surface area contributed by atoms with Gasteiger partial charge in [0.1, 0.15) is 23.9 Å². The van der Waals surface area contributed by atoms with Gasteiger partial charge in [0, 0.05) is 36.9 Å². The van der Waals surface area contributed by atoms with Crippen LogP contribution in [-0.4, -0.2) is 108 Å². The minimum atomic E-state index is -4.65. The van der Waals surface area contributed by atoms with Crippen molar-refractivity contribution in [2.75, 3.05) is 18.4 Å². The Morgan fingerprint density at radius 2 is 1.69 bits per heavy atom. The van der Waals surface area contributed by atoms with E-state index in [0.29, 0.717) is 34.1 Å². The number of furan rings is 1. The van der Waals surface area contributed by atoms with Crippen LogP contribution in [0.3, 0.4) is 0 Å². The Balaban J connectivity index is 1.30. The molecule has 6 amide bonds. The third-order valence-corrected chi connectivity index (χ3v) is 12.6. The van der Waals surface area contributed by atoms with Crippen molar-refractivity contribution in [2.45, 2.75) is 81.6 Å². The summed E-state index contributed by atoms with van der Waals surface area (Å²) in [6, 6.07) is 13.8. The first kappa shape index (κ1) is 48.9. The van der Waals surface area contributed by atoms with Gasteiger partial charge in [0.05, 0.1) is 19.3 Å². The van der Waals surface area contributed by atoms with Crippen molar-refractivity contribution < 1.29 is 59.9 Å². The molecule has 2 aromatic carbocycles. The molecule has 5 N–H and O–H groups in total. The molecule has 64 heavy (non-hydrogen) atoms. The van der Waals surface area contributed by atoms with Gasteiger partial charge in [0.15, 0.2) is 5.76 Å². The molecule has 0 saturated carbocycles. The van der Waals surface area contributed by atoms with Gasteiger partial charge < -0.3 is 35.3 Å². The maximum atomic E-state index is 14.5. The summed E-state index contributed by atoms with van der Waals surface area (Å²) in [5.74, 6) is -8.03. The molecule has 1 fully saturated rings. The number of nitrogens with one attached hydrogen (secondary N) is 5. The molecule has 0 aliphatic carbocycles. The van der Waals surface area contributed by atoms with Crippen molar-refractivity contribution in [3.8, 4) is 11.3 Å². The van der Waals surface area contributed by atoms with E-state index >= 15 is 0 Å². The van der Waals surface area contributed by atoms with E-state index in [1.165, 1.54) is 6.07 Å². The molecule has 24 heteroatoms. The molecule has 0 radical (unpaired) electrons. The summed E-state index contributed by atoms with van der Waals surface area (Å²) in [6.07, 6.45) is -5.17. The lowest BCUT2D eigenvalue weighted by Gasteiger charge is -2.31. The van der Waals surface area contributed by atoms with E-state index < -0.39 is 105 Å². The van der Waals surface area contributed by atoms with Crippen LogP contribution >= 0.6 is 22.9 Å². The van der Waals surface area contributed by atoms with Gasteiger partial charge in [-0.15, -0.1) is 10.2 Å². The predicted octanol–water partition coefficient (Wildman–Crippen LogP) is 3.07. The Labute approximate surface area is 374 Å². The number of carbonyl (C=O) groups is 7. The van der Waals surface area contributed by atoms with Gasteiger partial charge in [-0.3, -0.25) is 33.6 Å². The number of nitrogens with zero attached hydrogens (tertiary/aromatic N) is 3. The minimum Gasteiger partial charge on any atom is -0.451 e. The van der Waals surface area contributed by atoms with Crippen LogP contribution in [0, 0.1) is 5.92 Å². The molecule has 4 aromatic rings. The number of aromatic nitrogens is 2. The number of Topliss-reactive ketones (excluding diaryl/α,β-unsaturated/α-hetero) is 1. The summed E-state index contributed by atoms with van der Waals surface area (Å²) in [7, 11) is -4.65. The number of halogens is 3. The quantitative estimate of drug-likeness (QED) is 0.0631. The third kappa shape index (κ3) is 13.2. The van der Waals surface area contributed by atoms with Crippen LogP contribution in [0.2, 0.25) is 5.02 Å². The zero-order chi connectivity index (χ0) is 46.7. The Bertz CT molecular complexity index is 2460. The molecule has 5 atom stereocenters. The Morgan fingerprint density at radius 3 is 2.34 bits per heavy atom. The summed E-state index contributed by atoms with van der Waals surface area (Å²) in [6.45, 7) is 3.36. The molecular weight excluding hydrogens is 906 g/mol. The van der Waals surface area contributed by atoms with Crippen molar-refractivity contribution in [1.29, 1.82) is 0 Å². The molecule has 3 heterocycles. The van der Waals surface area contributed by atoms with Crippen LogP contribution in [0.4, 0.5) is 13.9 Å². The standard InChI is InChI=1S/C40H43ClF2N8O11S2/c1-4-21(2)33(47-36(56)30-15-14-29(62-30)24-10-12-25(41)13-11-24)38(58)51-19-26(61-20-23-8-6-5-7-9-23)16-28(51)35(55)46-27(17-31(42)43)34(54)37(57)44-18-32(53)50-64(59,60)40-49-48-39(63-40)45-22(3)52/h5-15,21,26-28,31,33H,4,16-20H2,1-3H3,(H,44,57)(H,46,55)(H,47,56)(H,50,53)(H,45,48,52)/t21-,26-,27+,28+,33+/m1/s1. The van der Waals surface area contributed by atoms with Crippen LogP contribution in [-0.2, 0) is 50.1 Å². The highest BCUT2D eigenvalue weighted by Crippen LogP contribution is 2.27. The van der Waals surface area contributed by atoms with Crippen LogP contribution in [0.15, 0.2) is 75.5 Å². The molecule has 19 nitrogen and oxygen atoms in total. The number of anilines is 1. The van der Waals surface area contributed by atoms with E-state index in [4.69, 9.17) is 20.8 Å². The van der Waals surface area contributed by atoms with Crippen molar-refractivity contribution in [3.05, 3.63) is 83.1 Å². The lowest BCUT2D eigenvalue weighted by Crippen LogP contribution is -2.57. The number of sulfonamides is 1. The van der Waals surface area contributed by atoms with Gasteiger partial charge in [0.25, 0.3) is 32.1 Å². The third-order valence-electron chi connectivity index (χ3n) is 9.75. The molecule has 0 unspecified atom stereocenters. The average Bonchev–Trinajstić information content (AvgIpc) is 4.04. The highest BCUT2D eigenvalue weighted by molar-refractivity contribution is 7.92. The number of likely N-dealkylation sites (tertiary alicyclic amines) is 1. The number of carbonyl (C=O) groups excluding carboxylic acids is 7. The summed E-state index contributed by atoms with van der Waals surface area (Å²) in [5.41, 5.74) is 1.40. The smallest absolute Gasteiger partial charge is 0.293 e. The Morgan fingerprint density at radius 1 is 0.984 bits per heavy atom. The molecule has 5 rings (SSSR count). The second-order valence-corrected chi connectivity index (χ2v) is 17.8. The van der Waals surface area contributed by atoms with Gasteiger partial charge in [0.2, 0.25) is 35.1 Å². The fourth-order valence-electron chi connectivity index (χ4n) is 6.33. The van der Waals surface area contributed by atoms with Crippen molar-refractivity contribution in [2.24, 2.45) is 5.92 Å². The van der Waals surface area contributed by atoms with Crippen LogP contribution < -0.4 is 26.0 Å². The van der Waals surface area contributed by atoms with Crippen LogP contribution in [0.25, 0.3) is 11.3 Å². The fourth-order valence-corrected chi connectivity index (χ4v) is 8.39. The average molecular weight is 949 g/mol. The lowest BCUT2D eigenvalue weighted by molar-refractivity contribution is -0.143. The number of hydrogen-bond donors (Lipinski definition) is 5. The first-order valence-electron chi connectivity index (χ1n) is 19.5. The number of benzene rings is 2. The second-order valence-electron chi connectivity index (χ2n) is 14.5. The molecule has 1 aliphatic heterocycles. The van der Waals surface area contributed by atoms with Gasteiger partial charge in [-0.1, -0.05) is 73.5 Å². The normalized spacial score (nSPS) is 16.3. The SMILES string of the molecule is CC[C@@H](C)[C@H](NC(=O)c1ccc(-c2ccc(Cl)cc2)o1)C(=O)N1C[C@H](OCc2ccccc2)C[C@H]1C(=O)N[C@@H](CC(F)F)C(=O)C(=O)NCC(=O)NS(=O)(=O)c1nnc(NC(C)=O)s1. The van der Waals surface area contributed by atoms with Gasteiger partial charge in [-0.2, -0.15) is 8.42 Å². The Hall–Kier alpha value is -6.17. The maximum absolute atomic E-state index is 14.5. The molecule has 1 aliphatic rings. The minimum absolute atomic E-state index is 0.0717. The van der Waals surface area contributed by atoms with Crippen LogP contribution in [0.1, 0.15) is 56.2 Å². The van der Waals surface area contributed by atoms with Crippen molar-refractivity contribution in [1.82, 2.24) is 35.8 Å². The highest BCUT2D eigenvalue weighted by Gasteiger charge is 2.45. The van der Waals surface area contributed by atoms with E-state index in [-0.39, 0.29) is 30.5 Å². The molecule has 0 bridgehead atoms. The second kappa shape index (κ2) is 22.0. The number of ketones is 1. The van der Waals surface area contributed by atoms with Crippen molar-refractivity contribution in [3.63, 3.8) is 0 Å². The van der Waals surface area contributed by atoms with E-state index in [1.54, 1.807) is 79.2 Å². The van der Waals surface area contributed by atoms with E-state index in [9.17, 15) is 50.8 Å². The first-order valence-corrected chi connectivity index (χ1v) is 22.2. The van der Waals surface area contributed by atoms with E-state index in [1.807, 2.05) is 5.32 Å². The fraction of sp³-hybridized carbons (Fsp3) is 0.375. The number of amides is 6. The zero-order valence-corrected chi connectivity index (χ0v) is 36.7. The summed E-state index contributed by atoms with van der Waals surface area (Å²) in [4.78, 5) is 93.0. The van der Waals surface area contributed by atoms with Gasteiger partial charge in [-0.25, -0.2) is 13.5 Å². The summed E-state index contributed by atoms with van der Waals surface area (Å²) >= 11 is 6.40. The number of rotatable bonds is 20. The van der Waals surface area contributed by atoms with E-state index in [0.717, 1.165) is 17.4 Å². The van der Waals surface area contributed by atoms with Crippen LogP contribution in [0.5, 0.6) is 0 Å². The summed E-state index contributed by atoms with van der Waals surface area (Å²) < 4.78 is 65.6. The monoisotopic (exact) mass is 948 g/mol. The predicted molar refractivity (Wildman–Crippen MR) is 225 cm³/mol. The molecule has 0 spiro atoms. The highest BCUT2D eigenvalue weighted by atomic mass is 35.5. The topological polar surface area (TPSA) is 265 Å². The summed E-state index contributed by atoms with van der Waals surface area (Å²) in [5, 5.41) is 16.1. The first-order chi connectivity index (χ1) is 30.3. The maximum Gasteiger partial charge on any atom is 0.293 e. The zero-order valence-electron chi connectivity index (χ0n) is 34.3. The van der Waals surface area contributed by atoms with Gasteiger partial charge >= 0.3 is 0 Å². The lowest BCUT2D eigenvalue weighted by atomic mass is 9.97. The number of alkyl halides is 2. The number of ether oxygens (including phenoxy) is 1.